The van der Waals surface area contributed by atoms with E-state index in [1.807, 2.05) is 25.1 Å². The number of nitrogens with one attached hydrogen (secondary N) is 1. The van der Waals surface area contributed by atoms with Gasteiger partial charge in [-0.25, -0.2) is 0 Å². The third kappa shape index (κ3) is 5.85. The van der Waals surface area contributed by atoms with Crippen molar-refractivity contribution in [2.24, 2.45) is 0 Å². The zero-order valence-electron chi connectivity index (χ0n) is 16.3. The summed E-state index contributed by atoms with van der Waals surface area (Å²) in [5.41, 5.74) is 2.38. The summed E-state index contributed by atoms with van der Waals surface area (Å²) in [5, 5.41) is 2.82. The maximum atomic E-state index is 12.3. The van der Waals surface area contributed by atoms with Gasteiger partial charge in [0.2, 0.25) is 11.8 Å². The van der Waals surface area contributed by atoms with Crippen LogP contribution in [0.15, 0.2) is 46.9 Å². The number of nitrogens with zero attached hydrogens (tertiary/aromatic N) is 1. The van der Waals surface area contributed by atoms with Crippen LogP contribution in [-0.2, 0) is 9.59 Å². The molecule has 0 saturated carbocycles. The van der Waals surface area contributed by atoms with Crippen LogP contribution in [0.5, 0.6) is 11.5 Å². The first-order valence-electron chi connectivity index (χ1n) is 8.55. The minimum Gasteiger partial charge on any atom is -0.497 e. The number of aryl methyl sites for hydroxylation is 1. The molecule has 0 aliphatic rings. The zero-order valence-corrected chi connectivity index (χ0v) is 17.9. The van der Waals surface area contributed by atoms with E-state index < -0.39 is 0 Å². The lowest BCUT2D eigenvalue weighted by molar-refractivity contribution is -0.129. The summed E-state index contributed by atoms with van der Waals surface area (Å²) in [6, 6.07) is 10.9. The molecule has 0 heterocycles. The van der Waals surface area contributed by atoms with Gasteiger partial charge in [0, 0.05) is 34.9 Å². The quantitative estimate of drug-likeness (QED) is 0.655. The predicted molar refractivity (Wildman–Crippen MR) is 114 cm³/mol. The maximum Gasteiger partial charge on any atom is 0.246 e. The van der Waals surface area contributed by atoms with Crippen LogP contribution in [0.3, 0.4) is 0 Å². The van der Waals surface area contributed by atoms with Crippen LogP contribution in [-0.4, -0.2) is 44.5 Å². The van der Waals surface area contributed by atoms with Gasteiger partial charge in [0.25, 0.3) is 0 Å². The molecule has 1 N–H and O–H groups in total. The second kappa shape index (κ2) is 9.94. The molecule has 2 aromatic rings. The van der Waals surface area contributed by atoms with Crippen molar-refractivity contribution >= 4 is 39.5 Å². The molecule has 0 radical (unpaired) electrons. The number of carbonyl (C=O) groups is 2. The van der Waals surface area contributed by atoms with Gasteiger partial charge < -0.3 is 19.7 Å². The van der Waals surface area contributed by atoms with Gasteiger partial charge in [-0.15, -0.1) is 0 Å². The molecule has 0 aliphatic heterocycles. The fourth-order valence-corrected chi connectivity index (χ4v) is 2.97. The molecule has 0 unspecified atom stereocenters. The molecule has 0 aromatic heterocycles. The lowest BCUT2D eigenvalue weighted by Gasteiger charge is -2.16. The van der Waals surface area contributed by atoms with Crippen LogP contribution in [0.4, 0.5) is 5.69 Å². The van der Waals surface area contributed by atoms with Gasteiger partial charge in [0.05, 0.1) is 20.8 Å². The number of hydrogen-bond donors (Lipinski definition) is 1. The van der Waals surface area contributed by atoms with E-state index in [9.17, 15) is 9.59 Å². The highest BCUT2D eigenvalue weighted by Crippen LogP contribution is 2.25. The Morgan fingerprint density at radius 1 is 1.14 bits per heavy atom. The van der Waals surface area contributed by atoms with Gasteiger partial charge in [-0.05, 0) is 48.9 Å². The smallest absolute Gasteiger partial charge is 0.246 e. The van der Waals surface area contributed by atoms with Gasteiger partial charge in [0.15, 0.2) is 0 Å². The van der Waals surface area contributed by atoms with E-state index in [2.05, 4.69) is 21.2 Å². The second-order valence-corrected chi connectivity index (χ2v) is 7.06. The molecule has 0 aliphatic carbocycles. The first kappa shape index (κ1) is 21.5. The number of ether oxygens (including phenoxy) is 2. The maximum absolute atomic E-state index is 12.3. The largest absolute Gasteiger partial charge is 0.497 e. The van der Waals surface area contributed by atoms with Crippen LogP contribution in [0.25, 0.3) is 6.08 Å². The Bertz CT molecular complexity index is 896. The van der Waals surface area contributed by atoms with Crippen molar-refractivity contribution in [2.45, 2.75) is 6.92 Å². The second-order valence-electron chi connectivity index (χ2n) is 6.14. The van der Waals surface area contributed by atoms with Gasteiger partial charge in [-0.3, -0.25) is 9.59 Å². The average molecular weight is 447 g/mol. The number of halogens is 1. The van der Waals surface area contributed by atoms with Crippen LogP contribution in [0.2, 0.25) is 0 Å². The molecule has 6 nitrogen and oxygen atoms in total. The number of hydrogen-bond acceptors (Lipinski definition) is 4. The van der Waals surface area contributed by atoms with Gasteiger partial charge in [-0.1, -0.05) is 15.9 Å². The topological polar surface area (TPSA) is 67.9 Å². The SMILES string of the molecule is COc1ccc(/C=C/C(=O)N(C)CC(=O)Nc2ccc(Br)cc2C)c(OC)c1. The lowest BCUT2D eigenvalue weighted by atomic mass is 10.1. The average Bonchev–Trinajstić information content (AvgIpc) is 2.67. The standard InChI is InChI=1S/C21H23BrN2O4/c1-14-11-16(22)7-9-18(14)23-20(25)13-24(2)21(26)10-6-15-5-8-17(27-3)12-19(15)28-4/h5-12H,13H2,1-4H3,(H,23,25)/b10-6+. The molecule has 7 heteroatoms. The molecule has 0 bridgehead atoms. The Labute approximate surface area is 173 Å². The van der Waals surface area contributed by atoms with Crippen molar-refractivity contribution in [1.29, 1.82) is 0 Å². The van der Waals surface area contributed by atoms with Crippen molar-refractivity contribution in [1.82, 2.24) is 4.90 Å². The summed E-state index contributed by atoms with van der Waals surface area (Å²) in [6.07, 6.45) is 3.05. The van der Waals surface area contributed by atoms with E-state index in [1.54, 1.807) is 45.5 Å². The molecular weight excluding hydrogens is 424 g/mol. The monoisotopic (exact) mass is 446 g/mol. The molecule has 0 atom stereocenters. The van der Waals surface area contributed by atoms with Crippen LogP contribution in [0, 0.1) is 6.92 Å². The normalized spacial score (nSPS) is 10.6. The van der Waals surface area contributed by atoms with Crippen molar-refractivity contribution in [3.05, 3.63) is 58.1 Å². The molecule has 148 valence electrons. The van der Waals surface area contributed by atoms with Crippen LogP contribution in [0.1, 0.15) is 11.1 Å². The van der Waals surface area contributed by atoms with E-state index in [0.717, 1.165) is 15.6 Å². The van der Waals surface area contributed by atoms with Gasteiger partial charge in [0.1, 0.15) is 11.5 Å². The Morgan fingerprint density at radius 2 is 1.89 bits per heavy atom. The number of methoxy groups -OCH3 is 2. The summed E-state index contributed by atoms with van der Waals surface area (Å²) in [4.78, 5) is 25.9. The van der Waals surface area contributed by atoms with Gasteiger partial charge >= 0.3 is 0 Å². The molecule has 2 aromatic carbocycles. The number of benzene rings is 2. The van der Waals surface area contributed by atoms with E-state index in [1.165, 1.54) is 11.0 Å². The molecule has 0 fully saturated rings. The number of anilines is 1. The lowest BCUT2D eigenvalue weighted by Crippen LogP contribution is -2.34. The van der Waals surface area contributed by atoms with Gasteiger partial charge in [-0.2, -0.15) is 0 Å². The number of amides is 2. The zero-order chi connectivity index (χ0) is 20.7. The van der Waals surface area contributed by atoms with Crippen LogP contribution < -0.4 is 14.8 Å². The van der Waals surface area contributed by atoms with E-state index in [-0.39, 0.29) is 18.4 Å². The van der Waals surface area contributed by atoms with E-state index in [0.29, 0.717) is 17.2 Å². The third-order valence-electron chi connectivity index (χ3n) is 4.07. The fourth-order valence-electron chi connectivity index (χ4n) is 2.49. The number of carbonyl (C=O) groups excluding carboxylic acids is 2. The minimum absolute atomic E-state index is 0.0571. The van der Waals surface area contributed by atoms with Crippen molar-refractivity contribution in [3.8, 4) is 11.5 Å². The highest BCUT2D eigenvalue weighted by molar-refractivity contribution is 9.10. The third-order valence-corrected chi connectivity index (χ3v) is 4.56. The van der Waals surface area contributed by atoms with Crippen molar-refractivity contribution < 1.29 is 19.1 Å². The van der Waals surface area contributed by atoms with Crippen molar-refractivity contribution in [3.63, 3.8) is 0 Å². The van der Waals surface area contributed by atoms with Crippen molar-refractivity contribution in [2.75, 3.05) is 33.1 Å². The fraction of sp³-hybridized carbons (Fsp3) is 0.238. The minimum atomic E-state index is -0.291. The summed E-state index contributed by atoms with van der Waals surface area (Å²) < 4.78 is 11.4. The summed E-state index contributed by atoms with van der Waals surface area (Å²) in [7, 11) is 4.70. The Hall–Kier alpha value is -2.80. The first-order chi connectivity index (χ1) is 13.3. The first-order valence-corrected chi connectivity index (χ1v) is 9.34. The van der Waals surface area contributed by atoms with E-state index >= 15 is 0 Å². The summed E-state index contributed by atoms with van der Waals surface area (Å²) in [6.45, 7) is 1.85. The molecular formula is C21H23BrN2O4. The number of rotatable bonds is 7. The summed E-state index contributed by atoms with van der Waals surface area (Å²) in [5.74, 6) is 0.698. The number of likely N-dealkylation sites (N-methyl/N-ethyl adjacent to an activating group) is 1. The van der Waals surface area contributed by atoms with E-state index in [4.69, 9.17) is 9.47 Å². The molecule has 0 saturated heterocycles. The molecule has 2 rings (SSSR count). The highest BCUT2D eigenvalue weighted by atomic mass is 79.9. The highest BCUT2D eigenvalue weighted by Gasteiger charge is 2.12. The predicted octanol–water partition coefficient (Wildman–Crippen LogP) is 3.89. The Kier molecular flexibility index (Phi) is 7.63. The summed E-state index contributed by atoms with van der Waals surface area (Å²) >= 11 is 3.39. The molecule has 28 heavy (non-hydrogen) atoms. The molecule has 0 spiro atoms. The Morgan fingerprint density at radius 3 is 2.54 bits per heavy atom. The van der Waals surface area contributed by atoms with Crippen LogP contribution >= 0.6 is 15.9 Å². The Balaban J connectivity index is 1.98. The molecule has 2 amide bonds.